The van der Waals surface area contributed by atoms with E-state index < -0.39 is 0 Å². The monoisotopic (exact) mass is 368 g/mol. The third-order valence-corrected chi connectivity index (χ3v) is 3.53. The number of ketones is 1. The molecule has 0 amide bonds. The van der Waals surface area contributed by atoms with E-state index in [4.69, 9.17) is 21.1 Å². The fourth-order valence-electron chi connectivity index (χ4n) is 1.70. The van der Waals surface area contributed by atoms with Crippen LogP contribution in [0.15, 0.2) is 46.9 Å². The van der Waals surface area contributed by atoms with Crippen LogP contribution in [-0.4, -0.2) is 19.0 Å². The van der Waals surface area contributed by atoms with Gasteiger partial charge in [0.2, 0.25) is 0 Å². The molecule has 3 nitrogen and oxygen atoms in total. The third-order valence-electron chi connectivity index (χ3n) is 2.74. The molecule has 0 heterocycles. The van der Waals surface area contributed by atoms with E-state index in [9.17, 15) is 4.79 Å². The molecule has 0 fully saturated rings. The molecule has 0 N–H and O–H groups in total. The fourth-order valence-corrected chi connectivity index (χ4v) is 2.32. The van der Waals surface area contributed by atoms with Crippen molar-refractivity contribution in [1.82, 2.24) is 0 Å². The molecule has 0 bridgehead atoms. The van der Waals surface area contributed by atoms with Crippen molar-refractivity contribution in [2.24, 2.45) is 0 Å². The maximum Gasteiger partial charge on any atom is 0.159 e. The van der Waals surface area contributed by atoms with Gasteiger partial charge >= 0.3 is 0 Å². The number of carbonyl (C=O) groups is 1. The van der Waals surface area contributed by atoms with Crippen molar-refractivity contribution in [3.8, 4) is 11.5 Å². The van der Waals surface area contributed by atoms with E-state index in [0.717, 1.165) is 10.2 Å². The van der Waals surface area contributed by atoms with Gasteiger partial charge < -0.3 is 9.47 Å². The average molecular weight is 370 g/mol. The largest absolute Gasteiger partial charge is 0.490 e. The molecule has 21 heavy (non-hydrogen) atoms. The van der Waals surface area contributed by atoms with Crippen molar-refractivity contribution in [2.75, 3.05) is 13.2 Å². The molecular weight excluding hydrogens is 356 g/mol. The number of hydrogen-bond acceptors (Lipinski definition) is 3. The van der Waals surface area contributed by atoms with Crippen LogP contribution in [0.2, 0.25) is 5.02 Å². The van der Waals surface area contributed by atoms with Crippen LogP contribution in [0.5, 0.6) is 11.5 Å². The second-order valence-electron chi connectivity index (χ2n) is 4.36. The van der Waals surface area contributed by atoms with E-state index >= 15 is 0 Å². The molecule has 0 atom stereocenters. The fraction of sp³-hybridized carbons (Fsp3) is 0.188. The minimum atomic E-state index is -0.0264. The van der Waals surface area contributed by atoms with Gasteiger partial charge in [0.05, 0.1) is 5.02 Å². The summed E-state index contributed by atoms with van der Waals surface area (Å²) in [6, 6.07) is 12.6. The van der Waals surface area contributed by atoms with Crippen LogP contribution >= 0.6 is 27.5 Å². The number of benzene rings is 2. The minimum Gasteiger partial charge on any atom is -0.490 e. The molecule has 0 aliphatic rings. The van der Waals surface area contributed by atoms with Crippen LogP contribution in [0.25, 0.3) is 0 Å². The van der Waals surface area contributed by atoms with Crippen molar-refractivity contribution in [2.45, 2.75) is 6.92 Å². The predicted molar refractivity (Wildman–Crippen MR) is 86.6 cm³/mol. The highest BCUT2D eigenvalue weighted by atomic mass is 79.9. The Kier molecular flexibility index (Phi) is 5.65. The lowest BCUT2D eigenvalue weighted by molar-refractivity contribution is 0.101. The van der Waals surface area contributed by atoms with Crippen molar-refractivity contribution in [1.29, 1.82) is 0 Å². The van der Waals surface area contributed by atoms with E-state index in [2.05, 4.69) is 15.9 Å². The standard InChI is InChI=1S/C16H14BrClO3/c1-11(19)12-5-6-16(15(18)9-12)21-8-7-20-14-4-2-3-13(17)10-14/h2-6,9-10H,7-8H2,1H3. The van der Waals surface area contributed by atoms with Crippen molar-refractivity contribution >= 4 is 33.3 Å². The van der Waals surface area contributed by atoms with E-state index in [-0.39, 0.29) is 5.78 Å². The molecule has 0 saturated heterocycles. The Balaban J connectivity index is 1.85. The average Bonchev–Trinajstić information content (AvgIpc) is 2.45. The highest BCUT2D eigenvalue weighted by Gasteiger charge is 2.06. The molecule has 0 saturated carbocycles. The zero-order valence-corrected chi connectivity index (χ0v) is 13.8. The summed E-state index contributed by atoms with van der Waals surface area (Å²) >= 11 is 9.45. The Morgan fingerprint density at radius 1 is 1.14 bits per heavy atom. The minimum absolute atomic E-state index is 0.0264. The lowest BCUT2D eigenvalue weighted by Crippen LogP contribution is -2.09. The molecule has 0 radical (unpaired) electrons. The lowest BCUT2D eigenvalue weighted by atomic mass is 10.1. The maximum absolute atomic E-state index is 11.2. The highest BCUT2D eigenvalue weighted by Crippen LogP contribution is 2.25. The van der Waals surface area contributed by atoms with Gasteiger partial charge in [0, 0.05) is 10.0 Å². The van der Waals surface area contributed by atoms with Crippen LogP contribution in [0, 0.1) is 0 Å². The van der Waals surface area contributed by atoms with Gasteiger partial charge in [0.25, 0.3) is 0 Å². The summed E-state index contributed by atoms with van der Waals surface area (Å²) in [5, 5.41) is 0.421. The van der Waals surface area contributed by atoms with Crippen molar-refractivity contribution in [3.05, 3.63) is 57.5 Å². The number of ether oxygens (including phenoxy) is 2. The SMILES string of the molecule is CC(=O)c1ccc(OCCOc2cccc(Br)c2)c(Cl)c1. The first-order valence-corrected chi connectivity index (χ1v) is 7.55. The number of hydrogen-bond donors (Lipinski definition) is 0. The molecule has 5 heteroatoms. The van der Waals surface area contributed by atoms with E-state index in [0.29, 0.717) is 29.5 Å². The van der Waals surface area contributed by atoms with Crippen LogP contribution < -0.4 is 9.47 Å². The summed E-state index contributed by atoms with van der Waals surface area (Å²) in [6.45, 7) is 2.27. The Morgan fingerprint density at radius 2 is 1.90 bits per heavy atom. The molecular formula is C16H14BrClO3. The highest BCUT2D eigenvalue weighted by molar-refractivity contribution is 9.10. The van der Waals surface area contributed by atoms with Gasteiger partial charge in [-0.15, -0.1) is 0 Å². The number of Topliss-reactive ketones (excluding diaryl/α,β-unsaturated/α-hetero) is 1. The Hall–Kier alpha value is -1.52. The van der Waals surface area contributed by atoms with E-state index in [1.807, 2.05) is 24.3 Å². The summed E-state index contributed by atoms with van der Waals surface area (Å²) < 4.78 is 12.1. The van der Waals surface area contributed by atoms with Crippen molar-refractivity contribution < 1.29 is 14.3 Å². The summed E-state index contributed by atoms with van der Waals surface area (Å²) in [6.07, 6.45) is 0. The molecule has 2 aromatic carbocycles. The zero-order valence-electron chi connectivity index (χ0n) is 11.4. The van der Waals surface area contributed by atoms with Gasteiger partial charge in [0.15, 0.2) is 5.78 Å². The first-order chi connectivity index (χ1) is 10.1. The summed E-state index contributed by atoms with van der Waals surface area (Å²) in [5.41, 5.74) is 0.567. The lowest BCUT2D eigenvalue weighted by Gasteiger charge is -2.10. The Morgan fingerprint density at radius 3 is 2.57 bits per heavy atom. The first-order valence-electron chi connectivity index (χ1n) is 6.38. The van der Waals surface area contributed by atoms with Crippen molar-refractivity contribution in [3.63, 3.8) is 0 Å². The summed E-state index contributed by atoms with van der Waals surface area (Å²) in [7, 11) is 0. The predicted octanol–water partition coefficient (Wildman–Crippen LogP) is 4.76. The quantitative estimate of drug-likeness (QED) is 0.544. The second kappa shape index (κ2) is 7.48. The van der Waals surface area contributed by atoms with Crippen LogP contribution in [0.1, 0.15) is 17.3 Å². The number of halogens is 2. The van der Waals surface area contributed by atoms with Gasteiger partial charge in [-0.25, -0.2) is 0 Å². The normalized spacial score (nSPS) is 10.2. The molecule has 0 aliphatic heterocycles. The molecule has 2 rings (SSSR count). The summed E-state index contributed by atoms with van der Waals surface area (Å²) in [5.74, 6) is 1.28. The summed E-state index contributed by atoms with van der Waals surface area (Å²) in [4.78, 5) is 11.2. The topological polar surface area (TPSA) is 35.5 Å². The molecule has 2 aromatic rings. The molecule has 0 unspecified atom stereocenters. The van der Waals surface area contributed by atoms with E-state index in [1.54, 1.807) is 18.2 Å². The molecule has 0 aliphatic carbocycles. The maximum atomic E-state index is 11.2. The van der Waals surface area contributed by atoms with Crippen LogP contribution in [0.3, 0.4) is 0 Å². The van der Waals surface area contributed by atoms with Gasteiger partial charge in [-0.1, -0.05) is 33.6 Å². The van der Waals surface area contributed by atoms with Gasteiger partial charge in [-0.3, -0.25) is 4.79 Å². The zero-order chi connectivity index (χ0) is 15.2. The van der Waals surface area contributed by atoms with Gasteiger partial charge in [-0.2, -0.15) is 0 Å². The molecule has 0 spiro atoms. The van der Waals surface area contributed by atoms with Gasteiger partial charge in [-0.05, 0) is 43.3 Å². The van der Waals surface area contributed by atoms with Crippen LogP contribution in [-0.2, 0) is 0 Å². The Labute approximate surface area is 137 Å². The third kappa shape index (κ3) is 4.76. The molecule has 0 aromatic heterocycles. The number of carbonyl (C=O) groups excluding carboxylic acids is 1. The van der Waals surface area contributed by atoms with Crippen LogP contribution in [0.4, 0.5) is 0 Å². The Bertz CT molecular complexity index is 643. The second-order valence-corrected chi connectivity index (χ2v) is 5.68. The smallest absolute Gasteiger partial charge is 0.159 e. The molecule has 110 valence electrons. The number of rotatable bonds is 6. The van der Waals surface area contributed by atoms with Gasteiger partial charge in [0.1, 0.15) is 24.7 Å². The first kappa shape index (κ1) is 15.9. The van der Waals surface area contributed by atoms with E-state index in [1.165, 1.54) is 6.92 Å².